The number of nitrogens with one attached hydrogen (secondary N) is 1. The molecule has 0 aromatic rings. The third kappa shape index (κ3) is 7.33. The van der Waals surface area contributed by atoms with Gasteiger partial charge in [0.2, 0.25) is 5.91 Å². The fourth-order valence-corrected chi connectivity index (χ4v) is 0.817. The zero-order valence-corrected chi connectivity index (χ0v) is 10.3. The summed E-state index contributed by atoms with van der Waals surface area (Å²) in [5.74, 6) is -1.73. The second-order valence-corrected chi connectivity index (χ2v) is 2.53. The number of hydrogen-bond donors (Lipinski definition) is 3. The van der Waals surface area contributed by atoms with Crippen LogP contribution in [0.25, 0.3) is 0 Å². The van der Waals surface area contributed by atoms with Gasteiger partial charge in [-0.3, -0.25) is 4.79 Å². The quantitative estimate of drug-likeness (QED) is 0.314. The van der Waals surface area contributed by atoms with E-state index in [1.54, 1.807) is 0 Å². The van der Waals surface area contributed by atoms with Crippen molar-refractivity contribution in [3.05, 3.63) is 0 Å². The molecule has 5 nitrogen and oxygen atoms in total. The topological polar surface area (TPSA) is 95.2 Å². The third-order valence-corrected chi connectivity index (χ3v) is 1.54. The van der Waals surface area contributed by atoms with Gasteiger partial charge in [-0.2, -0.15) is 12.6 Å². The molecule has 3 N–H and O–H groups in total. The first kappa shape index (κ1) is 15.7. The molecule has 0 aliphatic carbocycles. The van der Waals surface area contributed by atoms with Gasteiger partial charge in [0.15, 0.2) is 0 Å². The first-order valence-electron chi connectivity index (χ1n) is 3.43. The SMILES string of the molecule is NCCC(=O)N[C@@H](CS)C(=O)[O-].[Na+]. The molecule has 0 radical (unpaired) electrons. The van der Waals surface area contributed by atoms with Crippen molar-refractivity contribution < 1.29 is 44.3 Å². The smallest absolute Gasteiger partial charge is 0.548 e. The molecule has 0 rings (SSSR count). The number of carbonyl (C=O) groups excluding carboxylic acids is 2. The number of hydrogen-bond acceptors (Lipinski definition) is 5. The van der Waals surface area contributed by atoms with Gasteiger partial charge in [-0.1, -0.05) is 0 Å². The number of carboxylic acids is 1. The molecular weight excluding hydrogens is 203 g/mol. The van der Waals surface area contributed by atoms with E-state index >= 15 is 0 Å². The molecule has 0 aliphatic heterocycles. The van der Waals surface area contributed by atoms with Crippen molar-refractivity contribution in [1.29, 1.82) is 0 Å². The van der Waals surface area contributed by atoms with Crippen molar-refractivity contribution in [2.75, 3.05) is 12.3 Å². The zero-order chi connectivity index (χ0) is 9.56. The second kappa shape index (κ2) is 8.83. The monoisotopic (exact) mass is 214 g/mol. The van der Waals surface area contributed by atoms with E-state index in [-0.39, 0.29) is 48.3 Å². The van der Waals surface area contributed by atoms with Crippen molar-refractivity contribution in [1.82, 2.24) is 5.32 Å². The minimum atomic E-state index is -1.34. The Morgan fingerprint density at radius 2 is 2.08 bits per heavy atom. The van der Waals surface area contributed by atoms with Crippen molar-refractivity contribution in [2.45, 2.75) is 12.5 Å². The number of amides is 1. The molecule has 13 heavy (non-hydrogen) atoms. The van der Waals surface area contributed by atoms with Crippen LogP contribution in [0.1, 0.15) is 6.42 Å². The van der Waals surface area contributed by atoms with E-state index in [4.69, 9.17) is 5.73 Å². The van der Waals surface area contributed by atoms with Gasteiger partial charge >= 0.3 is 29.6 Å². The molecule has 0 unspecified atom stereocenters. The van der Waals surface area contributed by atoms with Gasteiger partial charge in [0.05, 0.1) is 12.0 Å². The summed E-state index contributed by atoms with van der Waals surface area (Å²) in [6.45, 7) is 0.193. The predicted molar refractivity (Wildman–Crippen MR) is 44.5 cm³/mol. The maximum Gasteiger partial charge on any atom is 1.00 e. The first-order valence-corrected chi connectivity index (χ1v) is 4.06. The molecule has 0 aliphatic rings. The van der Waals surface area contributed by atoms with Gasteiger partial charge in [-0.25, -0.2) is 0 Å². The van der Waals surface area contributed by atoms with Crippen LogP contribution in [0.5, 0.6) is 0 Å². The van der Waals surface area contributed by atoms with Gasteiger partial charge < -0.3 is 21.0 Å². The maximum absolute atomic E-state index is 10.8. The summed E-state index contributed by atoms with van der Waals surface area (Å²) in [5.41, 5.74) is 5.08. The largest absolute Gasteiger partial charge is 1.00 e. The Morgan fingerprint density at radius 1 is 1.54 bits per heavy atom. The van der Waals surface area contributed by atoms with Crippen LogP contribution in [0, 0.1) is 0 Å². The maximum atomic E-state index is 10.8. The molecule has 70 valence electrons. The molecule has 1 atom stereocenters. The third-order valence-electron chi connectivity index (χ3n) is 1.17. The number of thiol groups is 1. The molecule has 1 amide bonds. The molecule has 0 heterocycles. The molecule has 0 aromatic heterocycles. The molecule has 0 spiro atoms. The molecule has 0 saturated heterocycles. The Balaban J connectivity index is 0. The Morgan fingerprint density at radius 3 is 2.38 bits per heavy atom. The summed E-state index contributed by atoms with van der Waals surface area (Å²) in [6.07, 6.45) is 0.109. The summed E-state index contributed by atoms with van der Waals surface area (Å²) in [4.78, 5) is 21.1. The van der Waals surface area contributed by atoms with E-state index in [1.165, 1.54) is 0 Å². The summed E-state index contributed by atoms with van der Waals surface area (Å²) < 4.78 is 0. The zero-order valence-electron chi connectivity index (χ0n) is 7.45. The average Bonchev–Trinajstić information content (AvgIpc) is 2.00. The van der Waals surface area contributed by atoms with E-state index in [9.17, 15) is 14.7 Å². The van der Waals surface area contributed by atoms with E-state index in [0.29, 0.717) is 0 Å². The summed E-state index contributed by atoms with van der Waals surface area (Å²) in [5, 5.41) is 12.5. The van der Waals surface area contributed by atoms with Crippen molar-refractivity contribution in [2.24, 2.45) is 5.73 Å². The van der Waals surface area contributed by atoms with Crippen molar-refractivity contribution >= 4 is 24.5 Å². The Hall–Kier alpha value is 0.250. The van der Waals surface area contributed by atoms with Crippen LogP contribution in [0.4, 0.5) is 0 Å². The Labute approximate surface area is 104 Å². The molecule has 0 saturated carbocycles. The minimum absolute atomic E-state index is 0. The molecular formula is C6H11N2NaO3S. The average molecular weight is 214 g/mol. The van der Waals surface area contributed by atoms with Crippen molar-refractivity contribution in [3.8, 4) is 0 Å². The second-order valence-electron chi connectivity index (χ2n) is 2.16. The fraction of sp³-hybridized carbons (Fsp3) is 0.667. The normalized spacial score (nSPS) is 11.2. The molecule has 0 bridgehead atoms. The standard InChI is InChI=1S/C6H12N2O3S.Na/c7-2-1-5(9)8-4(3-12)6(10)11;/h4,12H,1-3,7H2,(H,8,9)(H,10,11);/q;+1/p-1/t4-;/m0./s1. The van der Waals surface area contributed by atoms with Crippen LogP contribution in [-0.2, 0) is 9.59 Å². The Kier molecular flexibility index (Phi) is 10.7. The summed E-state index contributed by atoms with van der Waals surface area (Å²) in [6, 6.07) is -1.03. The van der Waals surface area contributed by atoms with E-state index in [2.05, 4.69) is 17.9 Å². The van der Waals surface area contributed by atoms with Crippen molar-refractivity contribution in [3.63, 3.8) is 0 Å². The van der Waals surface area contributed by atoms with Crippen LogP contribution >= 0.6 is 12.6 Å². The minimum Gasteiger partial charge on any atom is -0.548 e. The van der Waals surface area contributed by atoms with Gasteiger partial charge in [0.1, 0.15) is 0 Å². The molecule has 7 heteroatoms. The van der Waals surface area contributed by atoms with Crippen LogP contribution in [0.15, 0.2) is 0 Å². The van der Waals surface area contributed by atoms with Gasteiger partial charge in [0.25, 0.3) is 0 Å². The Bertz CT molecular complexity index is 179. The van der Waals surface area contributed by atoms with E-state index in [1.807, 2.05) is 0 Å². The summed E-state index contributed by atoms with van der Waals surface area (Å²) in [7, 11) is 0. The number of aliphatic carboxylic acids is 1. The van der Waals surface area contributed by atoms with Gasteiger partial charge in [0, 0.05) is 18.7 Å². The first-order chi connectivity index (χ1) is 5.61. The van der Waals surface area contributed by atoms with Gasteiger partial charge in [-0.05, 0) is 0 Å². The fourth-order valence-electron chi connectivity index (χ4n) is 0.577. The van der Waals surface area contributed by atoms with Crippen LogP contribution in [0.2, 0.25) is 0 Å². The predicted octanol–water partition coefficient (Wildman–Crippen LogP) is -5.50. The van der Waals surface area contributed by atoms with E-state index in [0.717, 1.165) is 0 Å². The number of carbonyl (C=O) groups is 2. The summed E-state index contributed by atoms with van der Waals surface area (Å²) >= 11 is 3.73. The molecule has 0 fully saturated rings. The van der Waals surface area contributed by atoms with Gasteiger partial charge in [-0.15, -0.1) is 0 Å². The van der Waals surface area contributed by atoms with Crippen LogP contribution < -0.4 is 45.7 Å². The molecule has 0 aromatic carbocycles. The van der Waals surface area contributed by atoms with Crippen LogP contribution in [-0.4, -0.2) is 30.2 Å². The number of nitrogens with two attached hydrogens (primary N) is 1. The number of carboxylic acid groups (broad SMARTS) is 1. The van der Waals surface area contributed by atoms with Crippen LogP contribution in [0.3, 0.4) is 0 Å². The van der Waals surface area contributed by atoms with E-state index < -0.39 is 17.9 Å². The number of rotatable bonds is 5.